The van der Waals surface area contributed by atoms with Gasteiger partial charge >= 0.3 is 0 Å². The van der Waals surface area contributed by atoms with Crippen LogP contribution in [0.3, 0.4) is 0 Å². The molecule has 6 nitrogen and oxygen atoms in total. The lowest BCUT2D eigenvalue weighted by molar-refractivity contribution is 0.391. The van der Waals surface area contributed by atoms with E-state index in [0.29, 0.717) is 22.8 Å². The molecule has 158 valence electrons. The van der Waals surface area contributed by atoms with Crippen LogP contribution in [0.25, 0.3) is 16.8 Å². The quantitative estimate of drug-likeness (QED) is 0.403. The number of nitrogens with one attached hydrogen (secondary N) is 1. The molecule has 0 unspecified atom stereocenters. The number of nitrogens with two attached hydrogens (primary N) is 2. The minimum absolute atomic E-state index is 0.298. The van der Waals surface area contributed by atoms with Crippen molar-refractivity contribution < 1.29 is 0 Å². The predicted octanol–water partition coefficient (Wildman–Crippen LogP) is 5.36. The van der Waals surface area contributed by atoms with Gasteiger partial charge in [-0.15, -0.1) is 5.10 Å². The molecule has 0 saturated heterocycles. The molecule has 5 N–H and O–H groups in total. The van der Waals surface area contributed by atoms with Crippen LogP contribution < -0.4 is 16.8 Å². The van der Waals surface area contributed by atoms with E-state index in [4.69, 9.17) is 28.1 Å². The molecule has 1 aliphatic rings. The number of nitrogen functional groups attached to an aromatic ring is 1. The summed E-state index contributed by atoms with van der Waals surface area (Å²) in [5.41, 5.74) is 17.8. The second-order valence-corrected chi connectivity index (χ2v) is 8.62. The molecule has 2 aromatic heterocycles. The minimum Gasteiger partial charge on any atom is -0.382 e. The number of fused-ring (bicyclic) bond motifs is 1. The second kappa shape index (κ2) is 8.21. The summed E-state index contributed by atoms with van der Waals surface area (Å²) >= 11 is 6.28. The molecule has 2 aromatic carbocycles. The van der Waals surface area contributed by atoms with Gasteiger partial charge in [0.2, 0.25) is 0 Å². The second-order valence-electron chi connectivity index (χ2n) is 8.18. The molecular formula is C24H25ClN6. The lowest BCUT2D eigenvalue weighted by atomic mass is 9.85. The van der Waals surface area contributed by atoms with E-state index in [0.717, 1.165) is 59.5 Å². The van der Waals surface area contributed by atoms with Crippen LogP contribution in [0, 0.1) is 0 Å². The molecule has 0 amide bonds. The minimum atomic E-state index is 0.298. The van der Waals surface area contributed by atoms with E-state index in [-0.39, 0.29) is 0 Å². The molecule has 31 heavy (non-hydrogen) atoms. The van der Waals surface area contributed by atoms with Crippen LogP contribution in [0.15, 0.2) is 60.8 Å². The number of hydrogen-bond donors (Lipinski definition) is 3. The summed E-state index contributed by atoms with van der Waals surface area (Å²) in [6.07, 6.45) is 6.14. The Morgan fingerprint density at radius 2 is 1.77 bits per heavy atom. The highest BCUT2D eigenvalue weighted by Crippen LogP contribution is 2.39. The molecule has 0 spiro atoms. The number of rotatable bonds is 4. The molecule has 0 aliphatic heterocycles. The number of hydrogen-bond acceptors (Lipinski definition) is 5. The summed E-state index contributed by atoms with van der Waals surface area (Å²) in [5, 5.41) is 8.81. The summed E-state index contributed by atoms with van der Waals surface area (Å²) in [7, 11) is 0. The van der Waals surface area contributed by atoms with Crippen molar-refractivity contribution in [2.75, 3.05) is 11.1 Å². The number of benzene rings is 2. The number of imidazole rings is 1. The third-order valence-corrected chi connectivity index (χ3v) is 6.23. The highest BCUT2D eigenvalue weighted by Gasteiger charge is 2.25. The summed E-state index contributed by atoms with van der Waals surface area (Å²) in [6, 6.07) is 17.9. The zero-order chi connectivity index (χ0) is 21.4. The fourth-order valence-electron chi connectivity index (χ4n) is 4.37. The summed E-state index contributed by atoms with van der Waals surface area (Å²) in [6.45, 7) is 0. The van der Waals surface area contributed by atoms with Gasteiger partial charge in [-0.05, 0) is 55.5 Å². The van der Waals surface area contributed by atoms with Crippen molar-refractivity contribution in [3.63, 3.8) is 0 Å². The van der Waals surface area contributed by atoms with Gasteiger partial charge in [-0.3, -0.25) is 0 Å². The monoisotopic (exact) mass is 432 g/mol. The summed E-state index contributed by atoms with van der Waals surface area (Å²) < 4.78 is 1.79. The highest BCUT2D eigenvalue weighted by molar-refractivity contribution is 6.30. The largest absolute Gasteiger partial charge is 0.382 e. The lowest BCUT2D eigenvalue weighted by Crippen LogP contribution is -2.25. The summed E-state index contributed by atoms with van der Waals surface area (Å²) in [5.74, 6) is 0.810. The first-order chi connectivity index (χ1) is 15.1. The first kappa shape index (κ1) is 19.8. The smallest absolute Gasteiger partial charge is 0.178 e. The standard InChI is InChI=1S/C24H25ClN6/c25-17-6-4-5-16(13-17)21-22(28-19-7-2-1-3-8-19)24-29-20(14-31(24)30-23(21)27)15-9-11-18(26)12-10-15/h1-8,13-15,18,28H,9-12,26H2,(H2,27,30). The van der Waals surface area contributed by atoms with Crippen molar-refractivity contribution in [3.8, 4) is 11.1 Å². The van der Waals surface area contributed by atoms with Crippen LogP contribution >= 0.6 is 11.6 Å². The normalized spacial score (nSPS) is 18.9. The van der Waals surface area contributed by atoms with Crippen molar-refractivity contribution in [2.45, 2.75) is 37.6 Å². The van der Waals surface area contributed by atoms with Gasteiger partial charge in [-0.2, -0.15) is 0 Å². The first-order valence-electron chi connectivity index (χ1n) is 10.6. The Hall–Kier alpha value is -3.09. The Bertz CT molecular complexity index is 1210. The van der Waals surface area contributed by atoms with Crippen molar-refractivity contribution in [3.05, 3.63) is 71.5 Å². The van der Waals surface area contributed by atoms with Crippen LogP contribution in [-0.2, 0) is 0 Å². The van der Waals surface area contributed by atoms with Gasteiger partial charge < -0.3 is 16.8 Å². The highest BCUT2D eigenvalue weighted by atomic mass is 35.5. The fourth-order valence-corrected chi connectivity index (χ4v) is 4.56. The zero-order valence-corrected chi connectivity index (χ0v) is 17.9. The van der Waals surface area contributed by atoms with Crippen molar-refractivity contribution >= 4 is 34.4 Å². The maximum atomic E-state index is 6.47. The molecule has 0 atom stereocenters. The number of para-hydroxylation sites is 1. The Kier molecular flexibility index (Phi) is 5.26. The van der Waals surface area contributed by atoms with E-state index >= 15 is 0 Å². The average Bonchev–Trinajstić information content (AvgIpc) is 3.19. The van der Waals surface area contributed by atoms with Crippen LogP contribution in [0.2, 0.25) is 5.02 Å². The maximum Gasteiger partial charge on any atom is 0.178 e. The molecule has 0 bridgehead atoms. The molecule has 1 fully saturated rings. The van der Waals surface area contributed by atoms with Crippen LogP contribution in [0.5, 0.6) is 0 Å². The molecule has 0 radical (unpaired) electrons. The predicted molar refractivity (Wildman–Crippen MR) is 127 cm³/mol. The first-order valence-corrected chi connectivity index (χ1v) is 11.0. The molecule has 1 saturated carbocycles. The van der Waals surface area contributed by atoms with Gasteiger partial charge in [0.25, 0.3) is 0 Å². The Morgan fingerprint density at radius 3 is 2.52 bits per heavy atom. The Labute approximate surface area is 186 Å². The lowest BCUT2D eigenvalue weighted by Gasteiger charge is -2.24. The van der Waals surface area contributed by atoms with E-state index in [1.54, 1.807) is 4.52 Å². The van der Waals surface area contributed by atoms with Gasteiger partial charge in [-0.1, -0.05) is 41.9 Å². The molecule has 7 heteroatoms. The third kappa shape index (κ3) is 3.96. The number of nitrogens with zero attached hydrogens (tertiary/aromatic N) is 3. The van der Waals surface area contributed by atoms with Crippen molar-refractivity contribution in [2.24, 2.45) is 5.73 Å². The van der Waals surface area contributed by atoms with Crippen molar-refractivity contribution in [1.29, 1.82) is 0 Å². The van der Waals surface area contributed by atoms with Gasteiger partial charge in [0.05, 0.1) is 23.1 Å². The van der Waals surface area contributed by atoms with Crippen LogP contribution in [-0.4, -0.2) is 20.6 Å². The Morgan fingerprint density at radius 1 is 1.00 bits per heavy atom. The van der Waals surface area contributed by atoms with E-state index in [9.17, 15) is 0 Å². The Balaban J connectivity index is 1.67. The third-order valence-electron chi connectivity index (χ3n) is 6.00. The van der Waals surface area contributed by atoms with E-state index in [1.807, 2.05) is 60.8 Å². The molecule has 4 aromatic rings. The van der Waals surface area contributed by atoms with Crippen LogP contribution in [0.1, 0.15) is 37.3 Å². The maximum absolute atomic E-state index is 6.47. The van der Waals surface area contributed by atoms with Gasteiger partial charge in [-0.25, -0.2) is 9.50 Å². The van der Waals surface area contributed by atoms with Crippen LogP contribution in [0.4, 0.5) is 17.2 Å². The van der Waals surface area contributed by atoms with Gasteiger partial charge in [0.15, 0.2) is 11.5 Å². The zero-order valence-electron chi connectivity index (χ0n) is 17.1. The van der Waals surface area contributed by atoms with Crippen molar-refractivity contribution in [1.82, 2.24) is 14.6 Å². The molecular weight excluding hydrogens is 408 g/mol. The summed E-state index contributed by atoms with van der Waals surface area (Å²) in [4.78, 5) is 5.02. The van der Waals surface area contributed by atoms with E-state index in [2.05, 4.69) is 10.4 Å². The SMILES string of the molecule is Nc1nn2cc(C3CCC(N)CC3)nc2c(Nc2ccccc2)c1-c1cccc(Cl)c1. The van der Waals surface area contributed by atoms with E-state index < -0.39 is 0 Å². The molecule has 2 heterocycles. The fraction of sp³-hybridized carbons (Fsp3) is 0.250. The van der Waals surface area contributed by atoms with Gasteiger partial charge in [0.1, 0.15) is 0 Å². The molecule has 5 rings (SSSR count). The van der Waals surface area contributed by atoms with E-state index in [1.165, 1.54) is 0 Å². The number of aromatic nitrogens is 3. The average molecular weight is 433 g/mol. The number of halogens is 1. The number of anilines is 3. The topological polar surface area (TPSA) is 94.3 Å². The van der Waals surface area contributed by atoms with Gasteiger partial charge in [0, 0.05) is 22.7 Å². The molecule has 1 aliphatic carbocycles.